The Kier molecular flexibility index (Phi) is 5.81. The molecule has 0 aliphatic heterocycles. The number of aryl methyl sites for hydroxylation is 1. The zero-order valence-corrected chi connectivity index (χ0v) is 10.7. The first-order valence-corrected chi connectivity index (χ1v) is 6.96. The van der Waals surface area contributed by atoms with Crippen molar-refractivity contribution in [3.05, 3.63) is 35.4 Å². The van der Waals surface area contributed by atoms with Crippen LogP contribution in [0.5, 0.6) is 0 Å². The van der Waals surface area contributed by atoms with E-state index in [0.29, 0.717) is 6.04 Å². The maximum Gasteiger partial charge on any atom is 0.0411 e. The van der Waals surface area contributed by atoms with E-state index in [1.165, 1.54) is 17.5 Å². The molecule has 1 unspecified atom stereocenters. The van der Waals surface area contributed by atoms with Crippen molar-refractivity contribution in [3.63, 3.8) is 0 Å². The van der Waals surface area contributed by atoms with Crippen molar-refractivity contribution in [1.29, 1.82) is 0 Å². The van der Waals surface area contributed by atoms with E-state index in [1.807, 2.05) is 11.8 Å². The normalized spacial score (nSPS) is 12.7. The molecule has 15 heavy (non-hydrogen) atoms. The summed E-state index contributed by atoms with van der Waals surface area (Å²) in [5, 5.41) is 3.59. The average Bonchev–Trinajstić information content (AvgIpc) is 2.25. The predicted octanol–water partition coefficient (Wildman–Crippen LogP) is 3.40. The molecule has 0 spiro atoms. The van der Waals surface area contributed by atoms with Crippen molar-refractivity contribution >= 4 is 11.8 Å². The fourth-order valence-electron chi connectivity index (χ4n) is 1.56. The van der Waals surface area contributed by atoms with Gasteiger partial charge in [-0.1, -0.05) is 36.8 Å². The van der Waals surface area contributed by atoms with Crippen LogP contribution in [0.2, 0.25) is 0 Å². The van der Waals surface area contributed by atoms with Crippen LogP contribution in [0, 0.1) is 6.92 Å². The Labute approximate surface area is 97.7 Å². The van der Waals surface area contributed by atoms with Crippen LogP contribution in [0.4, 0.5) is 0 Å². The summed E-state index contributed by atoms with van der Waals surface area (Å²) in [4.78, 5) is 0. The van der Waals surface area contributed by atoms with Crippen LogP contribution in [0.1, 0.15) is 30.5 Å². The lowest BCUT2D eigenvalue weighted by atomic mass is 10.1. The minimum atomic E-state index is 0.501. The van der Waals surface area contributed by atoms with Gasteiger partial charge in [0.25, 0.3) is 0 Å². The average molecular weight is 223 g/mol. The highest BCUT2D eigenvalue weighted by Gasteiger charge is 2.08. The minimum Gasteiger partial charge on any atom is -0.309 e. The molecule has 1 N–H and O–H groups in total. The van der Waals surface area contributed by atoms with Gasteiger partial charge in [0.1, 0.15) is 0 Å². The zero-order chi connectivity index (χ0) is 11.1. The maximum atomic E-state index is 3.59. The Balaban J connectivity index is 2.65. The van der Waals surface area contributed by atoms with E-state index in [1.54, 1.807) is 0 Å². The van der Waals surface area contributed by atoms with Crippen molar-refractivity contribution in [3.8, 4) is 0 Å². The predicted molar refractivity (Wildman–Crippen MR) is 70.6 cm³/mol. The number of nitrogens with one attached hydrogen (secondary N) is 1. The van der Waals surface area contributed by atoms with Crippen LogP contribution < -0.4 is 5.32 Å². The van der Waals surface area contributed by atoms with Gasteiger partial charge in [-0.05, 0) is 31.7 Å². The largest absolute Gasteiger partial charge is 0.309 e. The van der Waals surface area contributed by atoms with Crippen LogP contribution in [-0.2, 0) is 0 Å². The molecule has 0 saturated heterocycles. The van der Waals surface area contributed by atoms with Crippen molar-refractivity contribution in [2.24, 2.45) is 0 Å². The van der Waals surface area contributed by atoms with Gasteiger partial charge in [0, 0.05) is 11.8 Å². The number of hydrogen-bond acceptors (Lipinski definition) is 2. The molecule has 0 aliphatic carbocycles. The molecule has 0 aliphatic rings. The van der Waals surface area contributed by atoms with Crippen molar-refractivity contribution < 1.29 is 0 Å². The third kappa shape index (κ3) is 4.27. The molecule has 1 nitrogen and oxygen atoms in total. The third-order valence-electron chi connectivity index (χ3n) is 2.45. The molecule has 0 heterocycles. The van der Waals surface area contributed by atoms with Gasteiger partial charge >= 0.3 is 0 Å². The van der Waals surface area contributed by atoms with Crippen LogP contribution in [0.3, 0.4) is 0 Å². The summed E-state index contributed by atoms with van der Waals surface area (Å²) in [6, 6.07) is 9.35. The number of benzene rings is 1. The van der Waals surface area contributed by atoms with Crippen molar-refractivity contribution in [2.75, 3.05) is 18.6 Å². The lowest BCUT2D eigenvalue weighted by Gasteiger charge is -2.18. The SMILES string of the molecule is CCCNC(CSC)c1ccc(C)cc1. The molecule has 1 rings (SSSR count). The first kappa shape index (κ1) is 12.6. The Morgan fingerprint density at radius 1 is 1.27 bits per heavy atom. The Morgan fingerprint density at radius 3 is 2.47 bits per heavy atom. The first-order chi connectivity index (χ1) is 7.27. The zero-order valence-electron chi connectivity index (χ0n) is 9.92. The minimum absolute atomic E-state index is 0.501. The number of hydrogen-bond donors (Lipinski definition) is 1. The van der Waals surface area contributed by atoms with Gasteiger partial charge in [0.05, 0.1) is 0 Å². The Bertz CT molecular complexity index is 268. The van der Waals surface area contributed by atoms with Crippen LogP contribution >= 0.6 is 11.8 Å². The van der Waals surface area contributed by atoms with Gasteiger partial charge in [-0.3, -0.25) is 0 Å². The summed E-state index contributed by atoms with van der Waals surface area (Å²) in [6.45, 7) is 5.43. The van der Waals surface area contributed by atoms with Gasteiger partial charge in [0.2, 0.25) is 0 Å². The van der Waals surface area contributed by atoms with Gasteiger partial charge in [-0.2, -0.15) is 11.8 Å². The molecule has 1 atom stereocenters. The fraction of sp³-hybridized carbons (Fsp3) is 0.538. The monoisotopic (exact) mass is 223 g/mol. The molecule has 0 saturated carbocycles. The van der Waals surface area contributed by atoms with Gasteiger partial charge < -0.3 is 5.32 Å². The van der Waals surface area contributed by atoms with E-state index in [4.69, 9.17) is 0 Å². The maximum absolute atomic E-state index is 3.59. The summed E-state index contributed by atoms with van der Waals surface area (Å²) in [5.41, 5.74) is 2.74. The highest BCUT2D eigenvalue weighted by Crippen LogP contribution is 2.17. The molecule has 0 bridgehead atoms. The molecule has 1 aromatic rings. The highest BCUT2D eigenvalue weighted by atomic mass is 32.2. The second kappa shape index (κ2) is 6.91. The van der Waals surface area contributed by atoms with Crippen LogP contribution in [0.25, 0.3) is 0 Å². The molecular weight excluding hydrogens is 202 g/mol. The van der Waals surface area contributed by atoms with E-state index < -0.39 is 0 Å². The molecule has 1 aromatic carbocycles. The quantitative estimate of drug-likeness (QED) is 0.793. The summed E-state index contributed by atoms with van der Waals surface area (Å²) >= 11 is 1.90. The number of thioether (sulfide) groups is 1. The molecule has 0 aromatic heterocycles. The Hall–Kier alpha value is -0.470. The van der Waals surface area contributed by atoms with Gasteiger partial charge in [-0.25, -0.2) is 0 Å². The topological polar surface area (TPSA) is 12.0 Å². The van der Waals surface area contributed by atoms with E-state index in [9.17, 15) is 0 Å². The van der Waals surface area contributed by atoms with Crippen molar-refractivity contribution in [2.45, 2.75) is 26.3 Å². The summed E-state index contributed by atoms with van der Waals surface area (Å²) in [5.74, 6) is 1.14. The standard InChI is InChI=1S/C13H21NS/c1-4-9-14-13(10-15-3)12-7-5-11(2)6-8-12/h5-8,13-14H,4,9-10H2,1-3H3. The Morgan fingerprint density at radius 2 is 1.93 bits per heavy atom. The van der Waals surface area contributed by atoms with E-state index in [0.717, 1.165) is 12.3 Å². The molecule has 84 valence electrons. The first-order valence-electron chi connectivity index (χ1n) is 5.56. The van der Waals surface area contributed by atoms with Gasteiger partial charge in [-0.15, -0.1) is 0 Å². The molecule has 0 fully saturated rings. The second-order valence-corrected chi connectivity index (χ2v) is 4.78. The van der Waals surface area contributed by atoms with Gasteiger partial charge in [0.15, 0.2) is 0 Å². The molecule has 0 radical (unpaired) electrons. The summed E-state index contributed by atoms with van der Waals surface area (Å²) in [7, 11) is 0. The summed E-state index contributed by atoms with van der Waals surface area (Å²) < 4.78 is 0. The van der Waals surface area contributed by atoms with Crippen LogP contribution in [0.15, 0.2) is 24.3 Å². The van der Waals surface area contributed by atoms with E-state index in [-0.39, 0.29) is 0 Å². The lowest BCUT2D eigenvalue weighted by Crippen LogP contribution is -2.23. The van der Waals surface area contributed by atoms with E-state index >= 15 is 0 Å². The fourth-order valence-corrected chi connectivity index (χ4v) is 2.20. The molecule has 0 amide bonds. The smallest absolute Gasteiger partial charge is 0.0411 e. The lowest BCUT2D eigenvalue weighted by molar-refractivity contribution is 0.577. The van der Waals surface area contributed by atoms with Crippen LogP contribution in [-0.4, -0.2) is 18.6 Å². The molecule has 2 heteroatoms. The second-order valence-electron chi connectivity index (χ2n) is 3.87. The summed E-state index contributed by atoms with van der Waals surface area (Å²) in [6.07, 6.45) is 3.35. The van der Waals surface area contributed by atoms with E-state index in [2.05, 4.69) is 49.7 Å². The highest BCUT2D eigenvalue weighted by molar-refractivity contribution is 7.98. The third-order valence-corrected chi connectivity index (χ3v) is 3.12. The van der Waals surface area contributed by atoms with Crippen molar-refractivity contribution in [1.82, 2.24) is 5.32 Å². The molecular formula is C13H21NS. The number of rotatable bonds is 6.